The molecular formula is C15H24O3. The van der Waals surface area contributed by atoms with Crippen molar-refractivity contribution in [3.05, 3.63) is 12.2 Å². The van der Waals surface area contributed by atoms with E-state index < -0.39 is 0 Å². The van der Waals surface area contributed by atoms with Crippen LogP contribution in [0.5, 0.6) is 0 Å². The van der Waals surface area contributed by atoms with Crippen molar-refractivity contribution in [2.45, 2.75) is 45.1 Å². The van der Waals surface area contributed by atoms with Gasteiger partial charge in [0.25, 0.3) is 0 Å². The maximum Gasteiger partial charge on any atom is 0.333 e. The van der Waals surface area contributed by atoms with E-state index in [2.05, 4.69) is 13.5 Å². The monoisotopic (exact) mass is 252 g/mol. The molecule has 0 radical (unpaired) electrons. The van der Waals surface area contributed by atoms with E-state index in [9.17, 15) is 4.79 Å². The highest BCUT2D eigenvalue weighted by atomic mass is 16.6. The molecule has 0 amide bonds. The van der Waals surface area contributed by atoms with Crippen molar-refractivity contribution < 1.29 is 14.3 Å². The van der Waals surface area contributed by atoms with Gasteiger partial charge in [-0.05, 0) is 57.3 Å². The van der Waals surface area contributed by atoms with Gasteiger partial charge in [0.1, 0.15) is 5.60 Å². The predicted molar refractivity (Wildman–Crippen MR) is 70.1 cm³/mol. The van der Waals surface area contributed by atoms with Crippen molar-refractivity contribution in [2.75, 3.05) is 13.7 Å². The lowest BCUT2D eigenvalue weighted by molar-refractivity contribution is -0.161. The summed E-state index contributed by atoms with van der Waals surface area (Å²) in [5.74, 6) is 1.70. The van der Waals surface area contributed by atoms with E-state index in [4.69, 9.17) is 9.47 Å². The largest absolute Gasteiger partial charge is 0.456 e. The van der Waals surface area contributed by atoms with Gasteiger partial charge in [-0.2, -0.15) is 0 Å². The van der Waals surface area contributed by atoms with E-state index in [0.29, 0.717) is 23.3 Å². The number of hydrogen-bond acceptors (Lipinski definition) is 3. The molecule has 0 aromatic heterocycles. The molecule has 2 rings (SSSR count). The molecule has 0 aromatic carbocycles. The Kier molecular flexibility index (Phi) is 3.81. The summed E-state index contributed by atoms with van der Waals surface area (Å²) in [5, 5.41) is 0. The highest BCUT2D eigenvalue weighted by molar-refractivity contribution is 5.87. The zero-order valence-corrected chi connectivity index (χ0v) is 11.7. The van der Waals surface area contributed by atoms with Crippen molar-refractivity contribution in [3.8, 4) is 0 Å². The second-order valence-electron chi connectivity index (χ2n) is 6.24. The van der Waals surface area contributed by atoms with Crippen LogP contribution in [0.2, 0.25) is 0 Å². The first-order chi connectivity index (χ1) is 8.45. The van der Waals surface area contributed by atoms with E-state index in [1.807, 2.05) is 0 Å². The van der Waals surface area contributed by atoms with Gasteiger partial charge in [-0.15, -0.1) is 0 Å². The normalized spacial score (nSPS) is 38.5. The van der Waals surface area contributed by atoms with E-state index in [1.54, 1.807) is 14.0 Å². The second kappa shape index (κ2) is 5.04. The molecule has 3 heteroatoms. The zero-order chi connectivity index (χ0) is 13.3. The van der Waals surface area contributed by atoms with Crippen LogP contribution in [0, 0.1) is 17.8 Å². The molecule has 2 aliphatic rings. The lowest BCUT2D eigenvalue weighted by Crippen LogP contribution is -2.43. The van der Waals surface area contributed by atoms with Gasteiger partial charge in [0.05, 0.1) is 0 Å². The van der Waals surface area contributed by atoms with Crippen LogP contribution in [0.1, 0.15) is 39.5 Å². The van der Waals surface area contributed by atoms with E-state index >= 15 is 0 Å². The number of carbonyl (C=O) groups is 1. The molecule has 2 atom stereocenters. The number of esters is 1. The van der Waals surface area contributed by atoms with Crippen LogP contribution in [0.25, 0.3) is 0 Å². The lowest BCUT2D eigenvalue weighted by Gasteiger charge is -2.41. The summed E-state index contributed by atoms with van der Waals surface area (Å²) >= 11 is 0. The number of rotatable bonds is 4. The number of ether oxygens (including phenoxy) is 2. The van der Waals surface area contributed by atoms with Crippen LogP contribution in [0.15, 0.2) is 12.2 Å². The van der Waals surface area contributed by atoms with Crippen LogP contribution in [0.4, 0.5) is 0 Å². The van der Waals surface area contributed by atoms with Crippen molar-refractivity contribution in [2.24, 2.45) is 17.8 Å². The van der Waals surface area contributed by atoms with Crippen molar-refractivity contribution in [1.29, 1.82) is 0 Å². The summed E-state index contributed by atoms with van der Waals surface area (Å²) in [4.78, 5) is 11.7. The van der Waals surface area contributed by atoms with E-state index in [1.165, 1.54) is 12.8 Å². The molecule has 2 aliphatic carbocycles. The fourth-order valence-corrected chi connectivity index (χ4v) is 3.80. The third-order valence-electron chi connectivity index (χ3n) is 4.55. The van der Waals surface area contributed by atoms with E-state index in [-0.39, 0.29) is 11.6 Å². The molecule has 2 bridgehead atoms. The van der Waals surface area contributed by atoms with E-state index in [0.717, 1.165) is 19.4 Å². The first-order valence-electron chi connectivity index (χ1n) is 6.83. The zero-order valence-electron chi connectivity index (χ0n) is 11.7. The van der Waals surface area contributed by atoms with Gasteiger partial charge >= 0.3 is 5.97 Å². The maximum atomic E-state index is 11.7. The van der Waals surface area contributed by atoms with Crippen LogP contribution < -0.4 is 0 Å². The molecule has 3 nitrogen and oxygen atoms in total. The van der Waals surface area contributed by atoms with Crippen LogP contribution in [0.3, 0.4) is 0 Å². The summed E-state index contributed by atoms with van der Waals surface area (Å²) in [6.45, 7) is 8.28. The molecule has 0 N–H and O–H groups in total. The minimum absolute atomic E-state index is 0.248. The summed E-state index contributed by atoms with van der Waals surface area (Å²) < 4.78 is 11.0. The fraction of sp³-hybridized carbons (Fsp3) is 0.800. The molecule has 0 saturated heterocycles. The first-order valence-corrected chi connectivity index (χ1v) is 6.83. The van der Waals surface area contributed by atoms with Crippen LogP contribution >= 0.6 is 0 Å². The van der Waals surface area contributed by atoms with Gasteiger partial charge in [0.2, 0.25) is 0 Å². The maximum absolute atomic E-state index is 11.7. The molecule has 0 aromatic rings. The number of methoxy groups -OCH3 is 1. The molecule has 0 aliphatic heterocycles. The number of carbonyl (C=O) groups excluding carboxylic acids is 1. The molecule has 18 heavy (non-hydrogen) atoms. The fourth-order valence-electron chi connectivity index (χ4n) is 3.80. The Balaban J connectivity index is 2.02. The highest BCUT2D eigenvalue weighted by Gasteiger charge is 2.49. The summed E-state index contributed by atoms with van der Waals surface area (Å²) in [6, 6.07) is 0. The molecule has 0 spiro atoms. The number of fused-ring (bicyclic) bond motifs is 2. The Morgan fingerprint density at radius 2 is 1.89 bits per heavy atom. The first kappa shape index (κ1) is 13.6. The Labute approximate surface area is 110 Å². The summed E-state index contributed by atoms with van der Waals surface area (Å²) in [5.41, 5.74) is 0.189. The van der Waals surface area contributed by atoms with Gasteiger partial charge in [-0.3, -0.25) is 0 Å². The number of hydrogen-bond donors (Lipinski definition) is 0. The third kappa shape index (κ3) is 2.61. The van der Waals surface area contributed by atoms with Gasteiger partial charge in [0, 0.05) is 19.3 Å². The Hall–Kier alpha value is -0.830. The Morgan fingerprint density at radius 3 is 2.33 bits per heavy atom. The predicted octanol–water partition coefficient (Wildman–Crippen LogP) is 2.95. The standard InChI is InChI=1S/C15H24O3/c1-10(2)14(16)18-15(3)7-11-5-6-12(8-15)13(11)9-17-4/h11-13H,1,5-9H2,2-4H3. The second-order valence-corrected chi connectivity index (χ2v) is 6.24. The van der Waals surface area contributed by atoms with Gasteiger partial charge in [0.15, 0.2) is 0 Å². The van der Waals surface area contributed by atoms with Crippen LogP contribution in [-0.2, 0) is 14.3 Å². The molecule has 2 unspecified atom stereocenters. The smallest absolute Gasteiger partial charge is 0.333 e. The summed E-state index contributed by atoms with van der Waals surface area (Å²) in [7, 11) is 1.77. The lowest BCUT2D eigenvalue weighted by atomic mass is 9.71. The third-order valence-corrected chi connectivity index (χ3v) is 4.55. The average Bonchev–Trinajstić information content (AvgIpc) is 2.54. The minimum atomic E-state index is -0.299. The molecule has 2 fully saturated rings. The molecular weight excluding hydrogens is 228 g/mol. The topological polar surface area (TPSA) is 35.5 Å². The Bertz CT molecular complexity index is 334. The van der Waals surface area contributed by atoms with Crippen molar-refractivity contribution >= 4 is 5.97 Å². The minimum Gasteiger partial charge on any atom is -0.456 e. The quantitative estimate of drug-likeness (QED) is 0.570. The van der Waals surface area contributed by atoms with Gasteiger partial charge in [-0.1, -0.05) is 6.58 Å². The molecule has 0 heterocycles. The summed E-state index contributed by atoms with van der Waals surface area (Å²) in [6.07, 6.45) is 4.44. The molecule has 102 valence electrons. The van der Waals surface area contributed by atoms with Gasteiger partial charge in [-0.25, -0.2) is 4.79 Å². The van der Waals surface area contributed by atoms with Crippen LogP contribution in [-0.4, -0.2) is 25.3 Å². The molecule has 2 saturated carbocycles. The SMILES string of the molecule is C=C(C)C(=O)OC1(C)CC2CCC(C1)C2COC. The van der Waals surface area contributed by atoms with Gasteiger partial charge < -0.3 is 9.47 Å². The van der Waals surface area contributed by atoms with Crippen molar-refractivity contribution in [3.63, 3.8) is 0 Å². The highest BCUT2D eigenvalue weighted by Crippen LogP contribution is 2.51. The Morgan fingerprint density at radius 1 is 1.33 bits per heavy atom. The average molecular weight is 252 g/mol. The van der Waals surface area contributed by atoms with Crippen molar-refractivity contribution in [1.82, 2.24) is 0 Å².